The highest BCUT2D eigenvalue weighted by Gasteiger charge is 2.93. The summed E-state index contributed by atoms with van der Waals surface area (Å²) in [5.74, 6) is -4.55. The summed E-state index contributed by atoms with van der Waals surface area (Å²) in [7, 11) is 2.48. The molecule has 2 aliphatic rings. The number of ether oxygens (including phenoxy) is 2. The fraction of sp³-hybridized carbons (Fsp3) is 0.400. The summed E-state index contributed by atoms with van der Waals surface area (Å²) in [6, 6.07) is 6.74. The lowest BCUT2D eigenvalue weighted by Gasteiger charge is -2.29. The van der Waals surface area contributed by atoms with E-state index in [2.05, 4.69) is 4.99 Å². The summed E-state index contributed by atoms with van der Waals surface area (Å²) in [6.07, 6.45) is 0. The van der Waals surface area contributed by atoms with Gasteiger partial charge in [0.2, 0.25) is 0 Å². The van der Waals surface area contributed by atoms with Crippen LogP contribution in [0.25, 0.3) is 0 Å². The molecule has 3 unspecified atom stereocenters. The lowest BCUT2D eigenvalue weighted by Crippen LogP contribution is -2.41. The van der Waals surface area contributed by atoms with Gasteiger partial charge in [0.05, 0.1) is 12.1 Å². The Balaban J connectivity index is 2.30. The third kappa shape index (κ3) is 1.38. The second kappa shape index (κ2) is 4.48. The van der Waals surface area contributed by atoms with Gasteiger partial charge in [0.1, 0.15) is 22.9 Å². The van der Waals surface area contributed by atoms with Crippen molar-refractivity contribution in [1.29, 1.82) is 10.5 Å². The minimum absolute atomic E-state index is 0.135. The van der Waals surface area contributed by atoms with Crippen LogP contribution < -0.4 is 5.73 Å². The zero-order chi connectivity index (χ0) is 17.0. The van der Waals surface area contributed by atoms with E-state index < -0.39 is 34.3 Å². The Labute approximate surface area is 130 Å². The number of aliphatic imine (C=N–C) groups is 1. The number of amidine groups is 1. The smallest absolute Gasteiger partial charge is 0.292 e. The monoisotopic (exact) mass is 318 g/mol. The maximum Gasteiger partial charge on any atom is 0.292 e. The quantitative estimate of drug-likeness (QED) is 0.848. The van der Waals surface area contributed by atoms with E-state index in [1.54, 1.807) is 0 Å². The number of methoxy groups -OCH3 is 2. The second-order valence-corrected chi connectivity index (χ2v) is 5.43. The Hall–Kier alpha value is -2.55. The van der Waals surface area contributed by atoms with Crippen LogP contribution in [0.15, 0.2) is 23.2 Å². The van der Waals surface area contributed by atoms with E-state index in [-0.39, 0.29) is 11.4 Å². The van der Waals surface area contributed by atoms with Crippen LogP contribution in [-0.4, -0.2) is 26.0 Å². The molecule has 8 heteroatoms. The lowest BCUT2D eigenvalue weighted by molar-refractivity contribution is -0.230. The molecule has 1 saturated carbocycles. The van der Waals surface area contributed by atoms with Gasteiger partial charge in [0, 0.05) is 20.1 Å². The van der Waals surface area contributed by atoms with Gasteiger partial charge in [0.25, 0.3) is 5.91 Å². The molecule has 1 aliphatic heterocycles. The summed E-state index contributed by atoms with van der Waals surface area (Å²) in [4.78, 5) is 3.99. The molecule has 6 nitrogen and oxygen atoms in total. The van der Waals surface area contributed by atoms with E-state index in [9.17, 15) is 19.3 Å². The molecule has 0 amide bonds. The zero-order valence-corrected chi connectivity index (χ0v) is 12.3. The molecule has 23 heavy (non-hydrogen) atoms. The molecular weight excluding hydrogens is 306 g/mol. The maximum atomic E-state index is 14.2. The van der Waals surface area contributed by atoms with Gasteiger partial charge in [-0.15, -0.1) is 0 Å². The second-order valence-electron chi connectivity index (χ2n) is 5.43. The molecule has 0 bridgehead atoms. The van der Waals surface area contributed by atoms with Gasteiger partial charge in [-0.1, -0.05) is 0 Å². The van der Waals surface area contributed by atoms with E-state index in [0.29, 0.717) is 0 Å². The molecule has 1 heterocycles. The Morgan fingerprint density at radius 1 is 1.22 bits per heavy atom. The molecule has 0 aromatic heterocycles. The summed E-state index contributed by atoms with van der Waals surface area (Å²) < 4.78 is 38.3. The van der Waals surface area contributed by atoms with Gasteiger partial charge >= 0.3 is 0 Å². The Bertz CT molecular complexity index is 809. The van der Waals surface area contributed by atoms with Crippen molar-refractivity contribution in [2.75, 3.05) is 14.2 Å². The van der Waals surface area contributed by atoms with Crippen molar-refractivity contribution in [2.45, 2.75) is 11.8 Å². The summed E-state index contributed by atoms with van der Waals surface area (Å²) in [6.45, 7) is 0. The number of benzene rings is 1. The molecule has 1 aromatic carbocycles. The first-order valence-electron chi connectivity index (χ1n) is 6.64. The zero-order valence-electron chi connectivity index (χ0n) is 12.3. The highest BCUT2D eigenvalue weighted by molar-refractivity contribution is 6.00. The van der Waals surface area contributed by atoms with E-state index in [1.165, 1.54) is 14.2 Å². The number of rotatable bonds is 3. The van der Waals surface area contributed by atoms with Crippen LogP contribution in [-0.2, 0) is 9.47 Å². The van der Waals surface area contributed by atoms with E-state index in [0.717, 1.165) is 18.2 Å². The number of nitriles is 2. The molecule has 1 fully saturated rings. The topological polar surface area (TPSA) is 104 Å². The third-order valence-corrected chi connectivity index (χ3v) is 4.75. The van der Waals surface area contributed by atoms with Crippen molar-refractivity contribution < 1.29 is 18.3 Å². The first-order valence-corrected chi connectivity index (χ1v) is 6.64. The van der Waals surface area contributed by atoms with Gasteiger partial charge in [-0.3, -0.25) is 0 Å². The largest absolute Gasteiger partial charge is 0.386 e. The van der Waals surface area contributed by atoms with Crippen molar-refractivity contribution in [1.82, 2.24) is 0 Å². The Kier molecular flexibility index (Phi) is 2.99. The minimum Gasteiger partial charge on any atom is -0.386 e. The first kappa shape index (κ1) is 15.3. The number of nitrogens with zero attached hydrogens (tertiary/aromatic N) is 3. The Morgan fingerprint density at radius 3 is 2.39 bits per heavy atom. The summed E-state index contributed by atoms with van der Waals surface area (Å²) in [5, 5.41) is 19.4. The number of nitrogens with two attached hydrogens (primary N) is 1. The van der Waals surface area contributed by atoms with Gasteiger partial charge in [-0.25, -0.2) is 13.8 Å². The van der Waals surface area contributed by atoms with Crippen molar-refractivity contribution in [3.8, 4) is 12.1 Å². The summed E-state index contributed by atoms with van der Waals surface area (Å²) >= 11 is 0. The van der Waals surface area contributed by atoms with Crippen LogP contribution in [0.2, 0.25) is 0 Å². The average molecular weight is 318 g/mol. The molecule has 2 N–H and O–H groups in total. The molecule has 0 saturated heterocycles. The number of halogens is 2. The normalized spacial score (nSPS) is 33.3. The fourth-order valence-corrected chi connectivity index (χ4v) is 3.72. The third-order valence-electron chi connectivity index (χ3n) is 4.75. The predicted molar refractivity (Wildman–Crippen MR) is 73.6 cm³/mol. The molecule has 3 atom stereocenters. The molecule has 1 aliphatic carbocycles. The molecule has 1 aromatic rings. The highest BCUT2D eigenvalue weighted by atomic mass is 19.1. The first-order chi connectivity index (χ1) is 10.9. The van der Waals surface area contributed by atoms with Crippen LogP contribution in [0.5, 0.6) is 0 Å². The van der Waals surface area contributed by atoms with Crippen molar-refractivity contribution in [3.05, 3.63) is 35.4 Å². The van der Waals surface area contributed by atoms with Crippen LogP contribution in [0.1, 0.15) is 11.5 Å². The standard InChI is InChI=1S/C15H12F2N4O2/c1-22-15(23-2)14(7-19)11(13(14,6-18)12(20)21-15)9-5-8(16)3-4-10(9)17/h3-5,11H,1-2H3,(H2,20,21). The Morgan fingerprint density at radius 2 is 1.87 bits per heavy atom. The lowest BCUT2D eigenvalue weighted by atomic mass is 9.93. The van der Waals surface area contributed by atoms with Crippen LogP contribution in [0, 0.1) is 45.1 Å². The van der Waals surface area contributed by atoms with Crippen molar-refractivity contribution in [3.63, 3.8) is 0 Å². The number of hydrogen-bond donors (Lipinski definition) is 1. The highest BCUT2D eigenvalue weighted by Crippen LogP contribution is 2.81. The fourth-order valence-electron chi connectivity index (χ4n) is 3.72. The van der Waals surface area contributed by atoms with Gasteiger partial charge < -0.3 is 15.2 Å². The molecule has 0 radical (unpaired) electrons. The summed E-state index contributed by atoms with van der Waals surface area (Å²) in [5.41, 5.74) is 2.40. The van der Waals surface area contributed by atoms with Crippen molar-refractivity contribution in [2.24, 2.45) is 21.6 Å². The van der Waals surface area contributed by atoms with Gasteiger partial charge in [0.15, 0.2) is 5.41 Å². The van der Waals surface area contributed by atoms with E-state index in [1.807, 2.05) is 12.1 Å². The average Bonchev–Trinajstić information content (AvgIpc) is 3.12. The number of fused-ring (bicyclic) bond motifs is 1. The minimum atomic E-state index is -1.86. The maximum absolute atomic E-state index is 14.2. The molecule has 118 valence electrons. The molecule has 3 rings (SSSR count). The van der Waals surface area contributed by atoms with E-state index >= 15 is 0 Å². The van der Waals surface area contributed by atoms with Gasteiger partial charge in [-0.2, -0.15) is 10.5 Å². The van der Waals surface area contributed by atoms with E-state index in [4.69, 9.17) is 15.2 Å². The van der Waals surface area contributed by atoms with Gasteiger partial charge in [-0.05, 0) is 23.8 Å². The van der Waals surface area contributed by atoms with Crippen LogP contribution >= 0.6 is 0 Å². The SMILES string of the molecule is COC1(OC)N=C(N)C2(C#N)C(c3cc(F)ccc3F)C12C#N. The number of hydrogen-bond acceptors (Lipinski definition) is 6. The van der Waals surface area contributed by atoms with Crippen LogP contribution in [0.4, 0.5) is 8.78 Å². The van der Waals surface area contributed by atoms with Crippen molar-refractivity contribution >= 4 is 5.84 Å². The van der Waals surface area contributed by atoms with Crippen LogP contribution in [0.3, 0.4) is 0 Å². The predicted octanol–water partition coefficient (Wildman–Crippen LogP) is 1.40. The molecular formula is C15H12F2N4O2. The molecule has 0 spiro atoms.